The Morgan fingerprint density at radius 2 is 2.05 bits per heavy atom. The molecular formula is C17H27N3. The quantitative estimate of drug-likeness (QED) is 0.910. The average molecular weight is 273 g/mol. The minimum absolute atomic E-state index is 0.0115. The number of aromatic nitrogens is 2. The first-order valence-corrected chi connectivity index (χ1v) is 7.60. The Bertz CT molecular complexity index is 590. The van der Waals surface area contributed by atoms with E-state index in [1.807, 2.05) is 0 Å². The fraction of sp³-hybridized carbons (Fsp3) is 0.588. The summed E-state index contributed by atoms with van der Waals surface area (Å²) in [6, 6.07) is 4.24. The number of nitrogens with two attached hydrogens (primary N) is 1. The third-order valence-corrected chi connectivity index (χ3v) is 3.81. The number of rotatable bonds is 4. The van der Waals surface area contributed by atoms with Gasteiger partial charge < -0.3 is 10.1 Å². The second-order valence-corrected chi connectivity index (χ2v) is 6.73. The summed E-state index contributed by atoms with van der Waals surface area (Å²) in [5.41, 5.74) is 11.1. The molecule has 2 heterocycles. The van der Waals surface area contributed by atoms with Crippen LogP contribution in [-0.2, 0) is 5.41 Å². The van der Waals surface area contributed by atoms with Crippen molar-refractivity contribution in [3.63, 3.8) is 0 Å². The maximum atomic E-state index is 6.48. The highest BCUT2D eigenvalue weighted by molar-refractivity contribution is 5.52. The lowest BCUT2D eigenvalue weighted by molar-refractivity contribution is 0.529. The molecule has 0 bridgehead atoms. The molecule has 0 aliphatic carbocycles. The summed E-state index contributed by atoms with van der Waals surface area (Å²) >= 11 is 0. The van der Waals surface area contributed by atoms with Crippen LogP contribution in [0.2, 0.25) is 0 Å². The summed E-state index contributed by atoms with van der Waals surface area (Å²) in [4.78, 5) is 4.90. The molecule has 0 aliphatic rings. The highest BCUT2D eigenvalue weighted by Gasteiger charge is 2.27. The number of fused-ring (bicyclic) bond motifs is 1. The van der Waals surface area contributed by atoms with Gasteiger partial charge in [-0.25, -0.2) is 4.98 Å². The number of hydrogen-bond donors (Lipinski definition) is 1. The molecule has 2 aromatic heterocycles. The van der Waals surface area contributed by atoms with Crippen LogP contribution in [0.3, 0.4) is 0 Å². The summed E-state index contributed by atoms with van der Waals surface area (Å²) in [6.07, 6.45) is 5.44. The van der Waals surface area contributed by atoms with Crippen molar-refractivity contribution in [2.75, 3.05) is 0 Å². The Morgan fingerprint density at radius 3 is 2.65 bits per heavy atom. The smallest absolute Gasteiger partial charge is 0.140 e. The molecular weight excluding hydrogens is 246 g/mol. The molecule has 3 heteroatoms. The minimum Gasteiger partial charge on any atom is -0.323 e. The summed E-state index contributed by atoms with van der Waals surface area (Å²) in [5, 5.41) is 0. The van der Waals surface area contributed by atoms with Gasteiger partial charge >= 0.3 is 0 Å². The largest absolute Gasteiger partial charge is 0.323 e. The molecule has 0 saturated heterocycles. The molecule has 0 amide bonds. The fourth-order valence-corrected chi connectivity index (χ4v) is 2.69. The lowest BCUT2D eigenvalue weighted by atomic mass is 9.88. The van der Waals surface area contributed by atoms with Gasteiger partial charge in [-0.15, -0.1) is 0 Å². The average Bonchev–Trinajstić information content (AvgIpc) is 2.77. The van der Waals surface area contributed by atoms with E-state index >= 15 is 0 Å². The topological polar surface area (TPSA) is 43.3 Å². The summed E-state index contributed by atoms with van der Waals surface area (Å²) in [5.74, 6) is 0. The van der Waals surface area contributed by atoms with Crippen LogP contribution in [0.15, 0.2) is 18.3 Å². The van der Waals surface area contributed by atoms with Gasteiger partial charge in [-0.3, -0.25) is 0 Å². The molecule has 3 nitrogen and oxygen atoms in total. The van der Waals surface area contributed by atoms with Gasteiger partial charge in [0.25, 0.3) is 0 Å². The van der Waals surface area contributed by atoms with E-state index in [-0.39, 0.29) is 11.5 Å². The van der Waals surface area contributed by atoms with Crippen LogP contribution in [0.4, 0.5) is 0 Å². The molecule has 1 unspecified atom stereocenters. The van der Waals surface area contributed by atoms with E-state index in [0.717, 1.165) is 24.2 Å². The number of unbranched alkanes of at least 4 members (excludes halogenated alkanes) is 1. The van der Waals surface area contributed by atoms with Gasteiger partial charge in [0.15, 0.2) is 0 Å². The molecule has 1 atom stereocenters. The molecule has 20 heavy (non-hydrogen) atoms. The lowest BCUT2D eigenvalue weighted by Crippen LogP contribution is -2.21. The van der Waals surface area contributed by atoms with Crippen LogP contribution in [0, 0.1) is 6.92 Å². The summed E-state index contributed by atoms with van der Waals surface area (Å²) in [7, 11) is 0. The van der Waals surface area contributed by atoms with Crippen molar-refractivity contribution in [2.24, 2.45) is 5.73 Å². The molecule has 110 valence electrons. The summed E-state index contributed by atoms with van der Waals surface area (Å²) in [6.45, 7) is 10.9. The van der Waals surface area contributed by atoms with E-state index in [0.29, 0.717) is 0 Å². The maximum Gasteiger partial charge on any atom is 0.140 e. The zero-order valence-corrected chi connectivity index (χ0v) is 13.4. The van der Waals surface area contributed by atoms with E-state index in [9.17, 15) is 0 Å². The molecule has 2 aromatic rings. The van der Waals surface area contributed by atoms with E-state index in [2.05, 4.69) is 57.3 Å². The highest BCUT2D eigenvalue weighted by atomic mass is 15.0. The van der Waals surface area contributed by atoms with E-state index < -0.39 is 0 Å². The zero-order valence-electron chi connectivity index (χ0n) is 13.4. The molecule has 0 spiro atoms. The second kappa shape index (κ2) is 5.57. The standard InChI is InChI=1S/C17H27N3/c1-6-7-10-13(18)14-15(17(3,4)5)19-16-12(2)9-8-11-20(14)16/h8-9,11,13H,6-7,10,18H2,1-5H3. The Labute approximate surface area is 122 Å². The summed E-state index contributed by atoms with van der Waals surface area (Å²) < 4.78 is 2.19. The molecule has 0 radical (unpaired) electrons. The first-order chi connectivity index (χ1) is 9.36. The van der Waals surface area contributed by atoms with E-state index in [1.165, 1.54) is 17.7 Å². The highest BCUT2D eigenvalue weighted by Crippen LogP contribution is 2.31. The number of imidazole rings is 1. The van der Waals surface area contributed by atoms with Crippen LogP contribution >= 0.6 is 0 Å². The van der Waals surface area contributed by atoms with Crippen LogP contribution in [0.5, 0.6) is 0 Å². The lowest BCUT2D eigenvalue weighted by Gasteiger charge is -2.21. The van der Waals surface area contributed by atoms with Crippen molar-refractivity contribution in [2.45, 2.75) is 65.3 Å². The number of hydrogen-bond acceptors (Lipinski definition) is 2. The van der Waals surface area contributed by atoms with Gasteiger partial charge in [-0.05, 0) is 25.0 Å². The zero-order chi connectivity index (χ0) is 14.9. The van der Waals surface area contributed by atoms with E-state index in [1.54, 1.807) is 0 Å². The minimum atomic E-state index is 0.0115. The molecule has 0 aromatic carbocycles. The number of nitrogens with zero attached hydrogens (tertiary/aromatic N) is 2. The predicted octanol–water partition coefficient (Wildman–Crippen LogP) is 4.13. The molecule has 2 rings (SSSR count). The predicted molar refractivity (Wildman–Crippen MR) is 85.1 cm³/mol. The molecule has 0 fully saturated rings. The van der Waals surface area contributed by atoms with Crippen molar-refractivity contribution in [3.05, 3.63) is 35.3 Å². The van der Waals surface area contributed by atoms with Gasteiger partial charge in [-0.1, -0.05) is 46.6 Å². The van der Waals surface area contributed by atoms with Crippen molar-refractivity contribution in [3.8, 4) is 0 Å². The monoisotopic (exact) mass is 273 g/mol. The van der Waals surface area contributed by atoms with Gasteiger partial charge in [0.2, 0.25) is 0 Å². The van der Waals surface area contributed by atoms with E-state index in [4.69, 9.17) is 10.7 Å². The number of pyridine rings is 1. The van der Waals surface area contributed by atoms with Gasteiger partial charge in [-0.2, -0.15) is 0 Å². The fourth-order valence-electron chi connectivity index (χ4n) is 2.69. The van der Waals surface area contributed by atoms with Crippen LogP contribution in [0.1, 0.15) is 70.0 Å². The van der Waals surface area contributed by atoms with Gasteiger partial charge in [0.1, 0.15) is 5.65 Å². The Kier molecular flexibility index (Phi) is 4.19. The van der Waals surface area contributed by atoms with Crippen LogP contribution < -0.4 is 5.73 Å². The molecule has 2 N–H and O–H groups in total. The SMILES string of the molecule is CCCCC(N)c1c(C(C)(C)C)nc2c(C)cccn12. The first-order valence-electron chi connectivity index (χ1n) is 7.60. The Morgan fingerprint density at radius 1 is 1.35 bits per heavy atom. The van der Waals surface area contributed by atoms with Gasteiger partial charge in [0.05, 0.1) is 11.4 Å². The number of aryl methyl sites for hydroxylation is 1. The Balaban J connectivity index is 2.62. The van der Waals surface area contributed by atoms with Crippen molar-refractivity contribution in [1.29, 1.82) is 0 Å². The van der Waals surface area contributed by atoms with Crippen molar-refractivity contribution >= 4 is 5.65 Å². The third-order valence-electron chi connectivity index (χ3n) is 3.81. The van der Waals surface area contributed by atoms with Crippen LogP contribution in [0.25, 0.3) is 5.65 Å². The molecule has 0 saturated carbocycles. The Hall–Kier alpha value is -1.35. The third kappa shape index (κ3) is 2.73. The van der Waals surface area contributed by atoms with Crippen LogP contribution in [-0.4, -0.2) is 9.38 Å². The van der Waals surface area contributed by atoms with Gasteiger partial charge in [0, 0.05) is 17.7 Å². The van der Waals surface area contributed by atoms with Crippen molar-refractivity contribution < 1.29 is 0 Å². The normalized spacial score (nSPS) is 13.9. The maximum absolute atomic E-state index is 6.48. The second-order valence-electron chi connectivity index (χ2n) is 6.73. The first kappa shape index (κ1) is 15.0. The van der Waals surface area contributed by atoms with Crippen molar-refractivity contribution in [1.82, 2.24) is 9.38 Å². The molecule has 0 aliphatic heterocycles.